The minimum Gasteiger partial charge on any atom is -0.381 e. The Bertz CT molecular complexity index is 747. The van der Waals surface area contributed by atoms with Gasteiger partial charge in [0, 0.05) is 19.3 Å². The first-order chi connectivity index (χ1) is 10.0. The molecule has 1 aliphatic carbocycles. The molecule has 0 aromatic carbocycles. The summed E-state index contributed by atoms with van der Waals surface area (Å²) in [7, 11) is -2.00. The number of nitrogen functional groups attached to an aromatic ring is 1. The molecule has 2 heterocycles. The number of pyridine rings is 1. The molecule has 1 fully saturated rings. The van der Waals surface area contributed by atoms with E-state index in [0.29, 0.717) is 5.65 Å². The van der Waals surface area contributed by atoms with Gasteiger partial charge in [-0.05, 0) is 25.0 Å². The Hall–Kier alpha value is -1.60. The van der Waals surface area contributed by atoms with Crippen LogP contribution in [0.2, 0.25) is 0 Å². The van der Waals surface area contributed by atoms with Gasteiger partial charge in [0.1, 0.15) is 5.65 Å². The van der Waals surface area contributed by atoms with Crippen LogP contribution in [0, 0.1) is 0 Å². The second-order valence-corrected chi connectivity index (χ2v) is 7.46. The summed E-state index contributed by atoms with van der Waals surface area (Å²) in [5.41, 5.74) is 6.42. The molecule has 6 nitrogen and oxygen atoms in total. The van der Waals surface area contributed by atoms with Crippen molar-refractivity contribution in [2.24, 2.45) is 0 Å². The van der Waals surface area contributed by atoms with E-state index < -0.39 is 10.0 Å². The largest absolute Gasteiger partial charge is 0.381 e. The molecule has 2 N–H and O–H groups in total. The number of anilines is 1. The molecule has 0 spiro atoms. The van der Waals surface area contributed by atoms with E-state index in [-0.39, 0.29) is 16.9 Å². The first-order valence-electron chi connectivity index (χ1n) is 7.22. The Morgan fingerprint density at radius 3 is 2.71 bits per heavy atom. The fourth-order valence-electron chi connectivity index (χ4n) is 3.03. The molecule has 1 saturated carbocycles. The number of nitrogens with two attached hydrogens (primary N) is 1. The predicted octanol–water partition coefficient (Wildman–Crippen LogP) is 1.87. The van der Waals surface area contributed by atoms with E-state index in [1.54, 1.807) is 29.8 Å². The Labute approximate surface area is 124 Å². The van der Waals surface area contributed by atoms with Crippen LogP contribution in [0.25, 0.3) is 5.65 Å². The van der Waals surface area contributed by atoms with Crippen LogP contribution in [-0.4, -0.2) is 35.2 Å². The first-order valence-corrected chi connectivity index (χ1v) is 8.66. The molecule has 3 rings (SSSR count). The van der Waals surface area contributed by atoms with Gasteiger partial charge in [0.2, 0.25) is 0 Å². The van der Waals surface area contributed by atoms with Crippen molar-refractivity contribution in [1.82, 2.24) is 13.7 Å². The second-order valence-electron chi connectivity index (χ2n) is 5.54. The van der Waals surface area contributed by atoms with Crippen LogP contribution in [0.3, 0.4) is 0 Å². The third-order valence-electron chi connectivity index (χ3n) is 4.22. The minimum atomic E-state index is -3.64. The van der Waals surface area contributed by atoms with E-state index in [1.165, 1.54) is 10.7 Å². The number of hydrogen-bond acceptors (Lipinski definition) is 4. The average Bonchev–Trinajstić information content (AvgIpc) is 2.83. The summed E-state index contributed by atoms with van der Waals surface area (Å²) in [5, 5.41) is 0.0752. The van der Waals surface area contributed by atoms with E-state index in [4.69, 9.17) is 5.73 Å². The summed E-state index contributed by atoms with van der Waals surface area (Å²) >= 11 is 0. The topological polar surface area (TPSA) is 80.7 Å². The second kappa shape index (κ2) is 5.31. The summed E-state index contributed by atoms with van der Waals surface area (Å²) in [6.45, 7) is 0. The number of hydrogen-bond donors (Lipinski definition) is 1. The van der Waals surface area contributed by atoms with Gasteiger partial charge in [-0.25, -0.2) is 13.4 Å². The normalized spacial score (nSPS) is 17.6. The van der Waals surface area contributed by atoms with Gasteiger partial charge in [-0.2, -0.15) is 4.31 Å². The Morgan fingerprint density at radius 1 is 1.29 bits per heavy atom. The molecule has 1 aliphatic rings. The maximum absolute atomic E-state index is 12.9. The zero-order valence-electron chi connectivity index (χ0n) is 12.1. The van der Waals surface area contributed by atoms with Crippen molar-refractivity contribution < 1.29 is 8.42 Å². The summed E-state index contributed by atoms with van der Waals surface area (Å²) < 4.78 is 28.8. The highest BCUT2D eigenvalue weighted by Crippen LogP contribution is 2.29. The van der Waals surface area contributed by atoms with E-state index in [0.717, 1.165) is 25.7 Å². The summed E-state index contributed by atoms with van der Waals surface area (Å²) in [6, 6.07) is 5.38. The maximum Gasteiger partial charge on any atom is 0.262 e. The molecule has 2 aromatic rings. The molecule has 114 valence electrons. The Kier molecular flexibility index (Phi) is 3.62. The summed E-state index contributed by atoms with van der Waals surface area (Å²) in [4.78, 5) is 4.14. The van der Waals surface area contributed by atoms with Crippen LogP contribution in [0.15, 0.2) is 29.4 Å². The smallest absolute Gasteiger partial charge is 0.262 e. The summed E-state index contributed by atoms with van der Waals surface area (Å²) in [6.07, 6.45) is 6.83. The van der Waals surface area contributed by atoms with Crippen molar-refractivity contribution in [3.8, 4) is 0 Å². The number of fused-ring (bicyclic) bond motifs is 1. The fourth-order valence-corrected chi connectivity index (χ4v) is 4.61. The van der Waals surface area contributed by atoms with Crippen molar-refractivity contribution in [2.45, 2.75) is 43.2 Å². The van der Waals surface area contributed by atoms with Crippen LogP contribution in [0.1, 0.15) is 32.1 Å². The molecule has 0 radical (unpaired) electrons. The quantitative estimate of drug-likeness (QED) is 0.938. The molecular weight excluding hydrogens is 288 g/mol. The fraction of sp³-hybridized carbons (Fsp3) is 0.500. The molecule has 0 unspecified atom stereocenters. The standard InChI is InChI=1S/C14H20N4O2S/c1-17(11-7-3-2-4-8-11)21(19,20)14-13(15)16-12-9-5-6-10-18(12)14/h5-6,9-11H,2-4,7-8,15H2,1H3. The lowest BCUT2D eigenvalue weighted by Crippen LogP contribution is -2.39. The molecule has 2 aromatic heterocycles. The lowest BCUT2D eigenvalue weighted by atomic mass is 9.96. The van der Waals surface area contributed by atoms with E-state index >= 15 is 0 Å². The first kappa shape index (κ1) is 14.3. The van der Waals surface area contributed by atoms with Gasteiger partial charge in [-0.3, -0.25) is 4.40 Å². The van der Waals surface area contributed by atoms with Gasteiger partial charge in [0.15, 0.2) is 10.8 Å². The molecule has 0 atom stereocenters. The van der Waals surface area contributed by atoms with Crippen molar-refractivity contribution in [3.05, 3.63) is 24.4 Å². The van der Waals surface area contributed by atoms with Crippen molar-refractivity contribution >= 4 is 21.5 Å². The Morgan fingerprint density at radius 2 is 2.00 bits per heavy atom. The average molecular weight is 308 g/mol. The van der Waals surface area contributed by atoms with Gasteiger partial charge in [0.25, 0.3) is 10.0 Å². The highest BCUT2D eigenvalue weighted by molar-refractivity contribution is 7.89. The minimum absolute atomic E-state index is 0.0532. The van der Waals surface area contributed by atoms with Gasteiger partial charge in [-0.1, -0.05) is 25.3 Å². The van der Waals surface area contributed by atoms with Crippen molar-refractivity contribution in [1.29, 1.82) is 0 Å². The van der Waals surface area contributed by atoms with Gasteiger partial charge >= 0.3 is 0 Å². The van der Waals surface area contributed by atoms with Crippen molar-refractivity contribution in [3.63, 3.8) is 0 Å². The van der Waals surface area contributed by atoms with Crippen LogP contribution in [0.5, 0.6) is 0 Å². The molecule has 0 bridgehead atoms. The van der Waals surface area contributed by atoms with Gasteiger partial charge in [-0.15, -0.1) is 0 Å². The van der Waals surface area contributed by atoms with Crippen LogP contribution < -0.4 is 5.73 Å². The number of aromatic nitrogens is 2. The lowest BCUT2D eigenvalue weighted by molar-refractivity contribution is 0.285. The highest BCUT2D eigenvalue weighted by atomic mass is 32.2. The highest BCUT2D eigenvalue weighted by Gasteiger charge is 2.33. The molecule has 7 heteroatoms. The molecule has 0 saturated heterocycles. The van der Waals surface area contributed by atoms with Crippen molar-refractivity contribution in [2.75, 3.05) is 12.8 Å². The lowest BCUT2D eigenvalue weighted by Gasteiger charge is -2.30. The molecular formula is C14H20N4O2S. The van der Waals surface area contributed by atoms with Crippen LogP contribution >= 0.6 is 0 Å². The van der Waals surface area contributed by atoms with Gasteiger partial charge < -0.3 is 5.73 Å². The monoisotopic (exact) mass is 308 g/mol. The predicted molar refractivity (Wildman–Crippen MR) is 81.4 cm³/mol. The SMILES string of the molecule is CN(C1CCCCC1)S(=O)(=O)c1c(N)nc2ccccn12. The number of rotatable bonds is 3. The zero-order chi connectivity index (χ0) is 15.0. The number of imidazole rings is 1. The maximum atomic E-state index is 12.9. The number of sulfonamides is 1. The van der Waals surface area contributed by atoms with E-state index in [1.807, 2.05) is 6.07 Å². The van der Waals surface area contributed by atoms with Crippen LogP contribution in [-0.2, 0) is 10.0 Å². The Balaban J connectivity index is 2.05. The third kappa shape index (κ3) is 2.40. The van der Waals surface area contributed by atoms with E-state index in [2.05, 4.69) is 4.98 Å². The van der Waals surface area contributed by atoms with Gasteiger partial charge in [0.05, 0.1) is 0 Å². The molecule has 21 heavy (non-hydrogen) atoms. The molecule has 0 amide bonds. The zero-order valence-corrected chi connectivity index (χ0v) is 12.9. The number of nitrogens with zero attached hydrogens (tertiary/aromatic N) is 3. The van der Waals surface area contributed by atoms with Crippen LogP contribution in [0.4, 0.5) is 5.82 Å². The third-order valence-corrected chi connectivity index (χ3v) is 6.17. The van der Waals surface area contributed by atoms with E-state index in [9.17, 15) is 8.42 Å². The summed E-state index contributed by atoms with van der Waals surface area (Å²) in [5.74, 6) is 0.0591. The molecule has 0 aliphatic heterocycles.